The van der Waals surface area contributed by atoms with Gasteiger partial charge in [0.25, 0.3) is 0 Å². The maximum atomic E-state index is 12.6. The molecule has 0 radical (unpaired) electrons. The Morgan fingerprint density at radius 1 is 1.04 bits per heavy atom. The molecule has 0 heterocycles. The molecule has 7 heteroatoms. The number of carbonyl (C=O) groups excluding carboxylic acids is 1. The van der Waals surface area contributed by atoms with E-state index in [1.54, 1.807) is 30.3 Å². The fraction of sp³-hybridized carbons (Fsp3) is 0.150. The SMILES string of the molecule is COc1cccc(N(CC(=O)Nc2cccc3ccccc23)S(C)(=O)=O)c1. The minimum Gasteiger partial charge on any atom is -0.497 e. The Bertz CT molecular complexity index is 1070. The molecule has 140 valence electrons. The van der Waals surface area contributed by atoms with Gasteiger partial charge in [-0.15, -0.1) is 0 Å². The summed E-state index contributed by atoms with van der Waals surface area (Å²) in [5.74, 6) is 0.0789. The monoisotopic (exact) mass is 384 g/mol. The molecule has 3 rings (SSSR count). The number of benzene rings is 3. The summed E-state index contributed by atoms with van der Waals surface area (Å²) in [7, 11) is -2.16. The Balaban J connectivity index is 1.86. The number of anilines is 2. The van der Waals surface area contributed by atoms with Crippen molar-refractivity contribution in [3.05, 3.63) is 66.7 Å². The summed E-state index contributed by atoms with van der Waals surface area (Å²) in [6.07, 6.45) is 1.07. The molecule has 0 unspecified atom stereocenters. The number of sulfonamides is 1. The van der Waals surface area contributed by atoms with Crippen LogP contribution in [0.25, 0.3) is 10.8 Å². The second kappa shape index (κ2) is 7.67. The van der Waals surface area contributed by atoms with Crippen molar-refractivity contribution in [2.45, 2.75) is 0 Å². The zero-order valence-corrected chi connectivity index (χ0v) is 15.9. The van der Waals surface area contributed by atoms with Crippen molar-refractivity contribution in [1.29, 1.82) is 0 Å². The van der Waals surface area contributed by atoms with Gasteiger partial charge < -0.3 is 10.1 Å². The molecule has 0 aliphatic rings. The number of hydrogen-bond acceptors (Lipinski definition) is 4. The number of amides is 1. The van der Waals surface area contributed by atoms with Crippen molar-refractivity contribution in [2.75, 3.05) is 29.5 Å². The van der Waals surface area contributed by atoms with Crippen LogP contribution in [-0.4, -0.2) is 34.2 Å². The molecular formula is C20H20N2O4S. The first-order chi connectivity index (χ1) is 12.9. The summed E-state index contributed by atoms with van der Waals surface area (Å²) in [4.78, 5) is 12.6. The summed E-state index contributed by atoms with van der Waals surface area (Å²) in [5.41, 5.74) is 1.00. The standard InChI is InChI=1S/C20H20N2O4S/c1-26-17-10-6-9-16(13-17)22(27(2,24)25)14-20(23)21-19-12-5-8-15-7-3-4-11-18(15)19/h3-13H,14H2,1-2H3,(H,21,23). The van der Waals surface area contributed by atoms with Crippen LogP contribution in [-0.2, 0) is 14.8 Å². The topological polar surface area (TPSA) is 75.7 Å². The average Bonchev–Trinajstić information content (AvgIpc) is 2.65. The van der Waals surface area contributed by atoms with Crippen LogP contribution in [0.2, 0.25) is 0 Å². The van der Waals surface area contributed by atoms with Gasteiger partial charge >= 0.3 is 0 Å². The number of hydrogen-bond donors (Lipinski definition) is 1. The van der Waals surface area contributed by atoms with E-state index in [9.17, 15) is 13.2 Å². The second-order valence-corrected chi connectivity index (χ2v) is 7.95. The van der Waals surface area contributed by atoms with Gasteiger partial charge in [0, 0.05) is 17.1 Å². The lowest BCUT2D eigenvalue weighted by Crippen LogP contribution is -2.37. The van der Waals surface area contributed by atoms with E-state index in [0.717, 1.165) is 21.3 Å². The molecule has 0 saturated heterocycles. The van der Waals surface area contributed by atoms with Crippen molar-refractivity contribution < 1.29 is 17.9 Å². The fourth-order valence-electron chi connectivity index (χ4n) is 2.82. The van der Waals surface area contributed by atoms with E-state index in [1.165, 1.54) is 7.11 Å². The summed E-state index contributed by atoms with van der Waals surface area (Å²) >= 11 is 0. The molecule has 6 nitrogen and oxygen atoms in total. The first kappa shape index (κ1) is 18.7. The lowest BCUT2D eigenvalue weighted by molar-refractivity contribution is -0.114. The number of fused-ring (bicyclic) bond motifs is 1. The summed E-state index contributed by atoms with van der Waals surface area (Å²) in [5, 5.41) is 4.69. The van der Waals surface area contributed by atoms with Gasteiger partial charge in [0.15, 0.2) is 0 Å². The molecule has 27 heavy (non-hydrogen) atoms. The minimum absolute atomic E-state index is 0.338. The van der Waals surface area contributed by atoms with Crippen LogP contribution in [0.15, 0.2) is 66.7 Å². The predicted octanol–water partition coefficient (Wildman–Crippen LogP) is 3.25. The lowest BCUT2D eigenvalue weighted by atomic mass is 10.1. The molecule has 0 fully saturated rings. The Kier molecular flexibility index (Phi) is 5.32. The summed E-state index contributed by atoms with van der Waals surface area (Å²) in [6.45, 7) is -0.338. The lowest BCUT2D eigenvalue weighted by Gasteiger charge is -2.22. The molecule has 1 N–H and O–H groups in total. The van der Waals surface area contributed by atoms with Gasteiger partial charge in [0.05, 0.1) is 19.1 Å². The molecule has 0 aliphatic carbocycles. The van der Waals surface area contributed by atoms with Gasteiger partial charge in [-0.1, -0.05) is 42.5 Å². The third kappa shape index (κ3) is 4.38. The average molecular weight is 384 g/mol. The quantitative estimate of drug-likeness (QED) is 0.708. The number of rotatable bonds is 6. The van der Waals surface area contributed by atoms with Crippen LogP contribution >= 0.6 is 0 Å². The molecule has 1 amide bonds. The van der Waals surface area contributed by atoms with Crippen LogP contribution < -0.4 is 14.4 Å². The maximum Gasteiger partial charge on any atom is 0.245 e. The Morgan fingerprint density at radius 3 is 2.48 bits per heavy atom. The normalized spacial score (nSPS) is 11.2. The zero-order valence-electron chi connectivity index (χ0n) is 15.0. The molecule has 0 atom stereocenters. The highest BCUT2D eigenvalue weighted by Crippen LogP contribution is 2.25. The second-order valence-electron chi connectivity index (χ2n) is 6.05. The largest absolute Gasteiger partial charge is 0.497 e. The maximum absolute atomic E-state index is 12.6. The van der Waals surface area contributed by atoms with Crippen LogP contribution in [0.3, 0.4) is 0 Å². The third-order valence-corrected chi connectivity index (χ3v) is 5.23. The zero-order chi connectivity index (χ0) is 19.4. The molecule has 0 aliphatic heterocycles. The number of nitrogens with zero attached hydrogens (tertiary/aromatic N) is 1. The fourth-order valence-corrected chi connectivity index (χ4v) is 3.67. The molecule has 0 spiro atoms. The molecule has 3 aromatic carbocycles. The molecule has 0 bridgehead atoms. The van der Waals surface area contributed by atoms with Crippen LogP contribution in [0.1, 0.15) is 0 Å². The first-order valence-electron chi connectivity index (χ1n) is 8.28. The van der Waals surface area contributed by atoms with Crippen LogP contribution in [0.5, 0.6) is 5.75 Å². The van der Waals surface area contributed by atoms with E-state index in [0.29, 0.717) is 17.1 Å². The third-order valence-electron chi connectivity index (χ3n) is 4.09. The van der Waals surface area contributed by atoms with Crippen molar-refractivity contribution in [3.63, 3.8) is 0 Å². The Labute approximate surface area is 158 Å². The molecule has 0 saturated carbocycles. The van der Waals surface area contributed by atoms with Gasteiger partial charge in [0.1, 0.15) is 12.3 Å². The number of carbonyl (C=O) groups is 1. The molecular weight excluding hydrogens is 364 g/mol. The Morgan fingerprint density at radius 2 is 1.74 bits per heavy atom. The minimum atomic E-state index is -3.66. The van der Waals surface area contributed by atoms with Gasteiger partial charge in [-0.05, 0) is 23.6 Å². The van der Waals surface area contributed by atoms with E-state index in [1.807, 2.05) is 36.4 Å². The van der Waals surface area contributed by atoms with E-state index >= 15 is 0 Å². The van der Waals surface area contributed by atoms with Crippen molar-refractivity contribution in [2.24, 2.45) is 0 Å². The highest BCUT2D eigenvalue weighted by atomic mass is 32.2. The van der Waals surface area contributed by atoms with Crippen molar-refractivity contribution >= 4 is 38.1 Å². The van der Waals surface area contributed by atoms with E-state index in [2.05, 4.69) is 5.32 Å². The van der Waals surface area contributed by atoms with E-state index in [4.69, 9.17) is 4.74 Å². The Hall–Kier alpha value is -3.06. The summed E-state index contributed by atoms with van der Waals surface area (Å²) < 4.78 is 30.7. The van der Waals surface area contributed by atoms with Crippen LogP contribution in [0, 0.1) is 0 Å². The van der Waals surface area contributed by atoms with E-state index in [-0.39, 0.29) is 6.54 Å². The van der Waals surface area contributed by atoms with Gasteiger partial charge in [-0.3, -0.25) is 9.10 Å². The summed E-state index contributed by atoms with van der Waals surface area (Å²) in [6, 6.07) is 19.8. The highest BCUT2D eigenvalue weighted by Gasteiger charge is 2.21. The van der Waals surface area contributed by atoms with Gasteiger partial charge in [-0.2, -0.15) is 0 Å². The van der Waals surface area contributed by atoms with Gasteiger partial charge in [-0.25, -0.2) is 8.42 Å². The number of nitrogens with one attached hydrogen (secondary N) is 1. The molecule has 3 aromatic rings. The van der Waals surface area contributed by atoms with Crippen molar-refractivity contribution in [1.82, 2.24) is 0 Å². The highest BCUT2D eigenvalue weighted by molar-refractivity contribution is 7.92. The van der Waals surface area contributed by atoms with Crippen LogP contribution in [0.4, 0.5) is 11.4 Å². The predicted molar refractivity (Wildman–Crippen MR) is 108 cm³/mol. The smallest absolute Gasteiger partial charge is 0.245 e. The number of methoxy groups -OCH3 is 1. The first-order valence-corrected chi connectivity index (χ1v) is 10.1. The van der Waals surface area contributed by atoms with E-state index < -0.39 is 15.9 Å². The number of ether oxygens (including phenoxy) is 1. The molecule has 0 aromatic heterocycles. The van der Waals surface area contributed by atoms with Gasteiger partial charge in [0.2, 0.25) is 15.9 Å². The van der Waals surface area contributed by atoms with Crippen molar-refractivity contribution in [3.8, 4) is 5.75 Å².